The molecule has 0 aliphatic rings. The fourth-order valence-electron chi connectivity index (χ4n) is 2.62. The van der Waals surface area contributed by atoms with E-state index in [1.807, 2.05) is 18.2 Å². The zero-order valence-electron chi connectivity index (χ0n) is 12.1. The van der Waals surface area contributed by atoms with Crippen LogP contribution in [0.3, 0.4) is 0 Å². The molecule has 102 valence electrons. The van der Waals surface area contributed by atoms with Crippen molar-refractivity contribution in [3.63, 3.8) is 0 Å². The van der Waals surface area contributed by atoms with E-state index in [4.69, 9.17) is 10.5 Å². The van der Waals surface area contributed by atoms with Gasteiger partial charge in [-0.3, -0.25) is 4.98 Å². The number of ether oxygens (including phenoxy) is 1. The van der Waals surface area contributed by atoms with E-state index in [0.29, 0.717) is 0 Å². The van der Waals surface area contributed by atoms with Crippen LogP contribution in [0.2, 0.25) is 0 Å². The van der Waals surface area contributed by atoms with Crippen LogP contribution in [0.15, 0.2) is 36.5 Å². The van der Waals surface area contributed by atoms with Gasteiger partial charge in [-0.05, 0) is 23.1 Å². The number of fused-ring (bicyclic) bond motifs is 1. The molecule has 2 rings (SSSR count). The van der Waals surface area contributed by atoms with Crippen LogP contribution in [0, 0.1) is 5.41 Å². The summed E-state index contributed by atoms with van der Waals surface area (Å²) in [5.41, 5.74) is 8.50. The smallest absolute Gasteiger partial charge is 0.0812 e. The topological polar surface area (TPSA) is 48.1 Å². The lowest BCUT2D eigenvalue weighted by Gasteiger charge is -2.34. The highest BCUT2D eigenvalue weighted by atomic mass is 16.5. The largest absolute Gasteiger partial charge is 0.379 e. The van der Waals surface area contributed by atoms with Crippen LogP contribution in [0.4, 0.5) is 0 Å². The number of aromatic nitrogens is 1. The lowest BCUT2D eigenvalue weighted by atomic mass is 9.81. The first-order valence-electron chi connectivity index (χ1n) is 6.57. The first kappa shape index (κ1) is 14.0. The van der Waals surface area contributed by atoms with Gasteiger partial charge in [0.2, 0.25) is 0 Å². The van der Waals surface area contributed by atoms with E-state index in [2.05, 4.69) is 37.9 Å². The summed E-state index contributed by atoms with van der Waals surface area (Å²) in [7, 11) is 1.72. The van der Waals surface area contributed by atoms with Crippen molar-refractivity contribution in [2.45, 2.75) is 32.9 Å². The van der Waals surface area contributed by atoms with Crippen LogP contribution >= 0.6 is 0 Å². The van der Waals surface area contributed by atoms with Crippen LogP contribution in [-0.2, 0) is 4.74 Å². The monoisotopic (exact) mass is 258 g/mol. The second-order valence-corrected chi connectivity index (χ2v) is 5.97. The number of hydrogen-bond acceptors (Lipinski definition) is 3. The third kappa shape index (κ3) is 2.77. The van der Waals surface area contributed by atoms with Crippen LogP contribution in [0.5, 0.6) is 0 Å². The second kappa shape index (κ2) is 5.27. The van der Waals surface area contributed by atoms with Crippen molar-refractivity contribution in [2.24, 2.45) is 11.1 Å². The number of rotatable bonds is 3. The van der Waals surface area contributed by atoms with Crippen molar-refractivity contribution in [1.82, 2.24) is 4.98 Å². The molecule has 3 heteroatoms. The van der Waals surface area contributed by atoms with E-state index < -0.39 is 0 Å². The Morgan fingerprint density at radius 1 is 1.16 bits per heavy atom. The summed E-state index contributed by atoms with van der Waals surface area (Å²) >= 11 is 0. The number of nitrogens with two attached hydrogens (primary N) is 1. The van der Waals surface area contributed by atoms with Gasteiger partial charge in [-0.15, -0.1) is 0 Å². The molecule has 0 saturated carbocycles. The molecule has 2 atom stereocenters. The summed E-state index contributed by atoms with van der Waals surface area (Å²) in [5.74, 6) is 0. The molecule has 0 bridgehead atoms. The fourth-order valence-corrected chi connectivity index (χ4v) is 2.62. The van der Waals surface area contributed by atoms with Gasteiger partial charge in [-0.2, -0.15) is 0 Å². The first-order chi connectivity index (χ1) is 8.95. The molecule has 1 heterocycles. The van der Waals surface area contributed by atoms with Crippen molar-refractivity contribution in [2.75, 3.05) is 7.11 Å². The van der Waals surface area contributed by atoms with Crippen LogP contribution < -0.4 is 5.73 Å². The van der Waals surface area contributed by atoms with Crippen molar-refractivity contribution in [1.29, 1.82) is 0 Å². The molecule has 19 heavy (non-hydrogen) atoms. The molecule has 2 unspecified atom stereocenters. The molecule has 2 aromatic rings. The maximum absolute atomic E-state index is 6.45. The molecule has 0 radical (unpaired) electrons. The summed E-state index contributed by atoms with van der Waals surface area (Å²) in [4.78, 5) is 4.38. The minimum Gasteiger partial charge on any atom is -0.379 e. The molecule has 1 aromatic carbocycles. The van der Waals surface area contributed by atoms with Crippen LogP contribution in [0.25, 0.3) is 10.9 Å². The average molecular weight is 258 g/mol. The van der Waals surface area contributed by atoms with Crippen molar-refractivity contribution in [3.8, 4) is 0 Å². The number of nitrogens with zero attached hydrogens (tertiary/aromatic N) is 1. The summed E-state index contributed by atoms with van der Waals surface area (Å²) in [6.07, 6.45) is 1.76. The Hall–Kier alpha value is -1.45. The zero-order chi connectivity index (χ0) is 14.0. The summed E-state index contributed by atoms with van der Waals surface area (Å²) in [6, 6.07) is 9.90. The van der Waals surface area contributed by atoms with Gasteiger partial charge in [-0.25, -0.2) is 0 Å². The molecule has 0 fully saturated rings. The van der Waals surface area contributed by atoms with E-state index in [1.165, 1.54) is 0 Å². The van der Waals surface area contributed by atoms with E-state index in [0.717, 1.165) is 16.5 Å². The zero-order valence-corrected chi connectivity index (χ0v) is 12.1. The average Bonchev–Trinajstić information content (AvgIpc) is 2.37. The molecule has 3 nitrogen and oxygen atoms in total. The van der Waals surface area contributed by atoms with Gasteiger partial charge in [0, 0.05) is 18.7 Å². The first-order valence-corrected chi connectivity index (χ1v) is 6.57. The Kier molecular flexibility index (Phi) is 3.88. The Morgan fingerprint density at radius 3 is 2.53 bits per heavy atom. The number of pyridine rings is 1. The number of methoxy groups -OCH3 is 1. The summed E-state index contributed by atoms with van der Waals surface area (Å²) in [6.45, 7) is 6.43. The number of hydrogen-bond donors (Lipinski definition) is 1. The van der Waals surface area contributed by atoms with Crippen LogP contribution in [-0.4, -0.2) is 18.2 Å². The van der Waals surface area contributed by atoms with E-state index in [1.54, 1.807) is 13.3 Å². The minimum atomic E-state index is -0.169. The molecule has 2 N–H and O–H groups in total. The third-order valence-electron chi connectivity index (χ3n) is 3.47. The Labute approximate surface area is 114 Å². The predicted molar refractivity (Wildman–Crippen MR) is 78.9 cm³/mol. The van der Waals surface area contributed by atoms with Gasteiger partial charge in [0.15, 0.2) is 0 Å². The third-order valence-corrected chi connectivity index (χ3v) is 3.47. The normalized spacial score (nSPS) is 15.4. The van der Waals surface area contributed by atoms with Gasteiger partial charge in [0.05, 0.1) is 17.7 Å². The molecule has 0 saturated heterocycles. The number of benzene rings is 1. The molecular weight excluding hydrogens is 236 g/mol. The van der Waals surface area contributed by atoms with Gasteiger partial charge in [-0.1, -0.05) is 39.0 Å². The summed E-state index contributed by atoms with van der Waals surface area (Å²) < 4.78 is 5.63. The molecule has 0 amide bonds. The fraction of sp³-hybridized carbons (Fsp3) is 0.438. The van der Waals surface area contributed by atoms with E-state index >= 15 is 0 Å². The SMILES string of the molecule is COC(C(N)c1cccc2ncccc12)C(C)(C)C. The molecular formula is C16H22N2O. The summed E-state index contributed by atoms with van der Waals surface area (Å²) in [5, 5.41) is 1.10. The molecule has 0 spiro atoms. The molecule has 0 aliphatic carbocycles. The second-order valence-electron chi connectivity index (χ2n) is 5.97. The van der Waals surface area contributed by atoms with E-state index in [-0.39, 0.29) is 17.6 Å². The maximum Gasteiger partial charge on any atom is 0.0812 e. The van der Waals surface area contributed by atoms with Crippen molar-refractivity contribution >= 4 is 10.9 Å². The Bertz CT molecular complexity index is 555. The lowest BCUT2D eigenvalue weighted by Crippen LogP contribution is -2.38. The van der Waals surface area contributed by atoms with E-state index in [9.17, 15) is 0 Å². The molecule has 0 aliphatic heterocycles. The van der Waals surface area contributed by atoms with Crippen molar-refractivity contribution in [3.05, 3.63) is 42.1 Å². The quantitative estimate of drug-likeness (QED) is 0.919. The molecule has 1 aromatic heterocycles. The highest BCUT2D eigenvalue weighted by Crippen LogP contribution is 2.33. The Morgan fingerprint density at radius 2 is 1.89 bits per heavy atom. The lowest BCUT2D eigenvalue weighted by molar-refractivity contribution is -0.00212. The van der Waals surface area contributed by atoms with Crippen molar-refractivity contribution < 1.29 is 4.74 Å². The predicted octanol–water partition coefficient (Wildman–Crippen LogP) is 3.30. The van der Waals surface area contributed by atoms with Gasteiger partial charge in [0.1, 0.15) is 0 Å². The van der Waals surface area contributed by atoms with Gasteiger partial charge >= 0.3 is 0 Å². The standard InChI is InChI=1S/C16H22N2O/c1-16(2,3)15(19-4)14(17)12-7-5-9-13-11(12)8-6-10-18-13/h5-10,14-15H,17H2,1-4H3. The maximum atomic E-state index is 6.45. The van der Waals surface area contributed by atoms with Gasteiger partial charge in [0.25, 0.3) is 0 Å². The Balaban J connectivity index is 2.49. The van der Waals surface area contributed by atoms with Gasteiger partial charge < -0.3 is 10.5 Å². The minimum absolute atomic E-state index is 0.0153. The highest BCUT2D eigenvalue weighted by Gasteiger charge is 2.31. The van der Waals surface area contributed by atoms with Crippen LogP contribution in [0.1, 0.15) is 32.4 Å². The highest BCUT2D eigenvalue weighted by molar-refractivity contribution is 5.82.